The van der Waals surface area contributed by atoms with E-state index in [9.17, 15) is 4.79 Å². The lowest BCUT2D eigenvalue weighted by molar-refractivity contribution is 0.0977. The van der Waals surface area contributed by atoms with Gasteiger partial charge in [0.1, 0.15) is 5.75 Å². The Hall–Kier alpha value is -1.05. The maximum absolute atomic E-state index is 12.5. The van der Waals surface area contributed by atoms with Gasteiger partial charge in [-0.1, -0.05) is 61.0 Å². The molecule has 0 radical (unpaired) electrons. The lowest BCUT2D eigenvalue weighted by Gasteiger charge is -2.13. The van der Waals surface area contributed by atoms with Crippen LogP contribution >= 0.6 is 63.0 Å². The summed E-state index contributed by atoms with van der Waals surface area (Å²) in [6.07, 6.45) is 4.52. The third kappa shape index (κ3) is 7.61. The first kappa shape index (κ1) is 24.2. The second-order valence-corrected chi connectivity index (χ2v) is 8.69. The maximum Gasteiger partial charge on any atom is 0.257 e. The highest BCUT2D eigenvalue weighted by Crippen LogP contribution is 2.32. The van der Waals surface area contributed by atoms with Crippen LogP contribution in [0.3, 0.4) is 0 Å². The van der Waals surface area contributed by atoms with E-state index in [1.54, 1.807) is 18.2 Å². The zero-order chi connectivity index (χ0) is 21.4. The highest BCUT2D eigenvalue weighted by molar-refractivity contribution is 9.10. The Balaban J connectivity index is 1.94. The van der Waals surface area contributed by atoms with Gasteiger partial charge < -0.3 is 10.1 Å². The predicted molar refractivity (Wildman–Crippen MR) is 129 cm³/mol. The first-order valence-corrected chi connectivity index (χ1v) is 11.3. The normalized spacial score (nSPS) is 10.5. The molecule has 29 heavy (non-hydrogen) atoms. The van der Waals surface area contributed by atoms with Gasteiger partial charge in [0.05, 0.1) is 31.8 Å². The fraction of sp³-hybridized carbons (Fsp3) is 0.300. The lowest BCUT2D eigenvalue weighted by Crippen LogP contribution is -2.34. The average molecular weight is 539 g/mol. The molecule has 2 N–H and O–H groups in total. The van der Waals surface area contributed by atoms with E-state index >= 15 is 0 Å². The molecule has 0 bridgehead atoms. The van der Waals surface area contributed by atoms with Crippen molar-refractivity contribution in [3.63, 3.8) is 0 Å². The third-order valence-electron chi connectivity index (χ3n) is 3.93. The number of carbonyl (C=O) groups is 1. The topological polar surface area (TPSA) is 50.4 Å². The van der Waals surface area contributed by atoms with Crippen LogP contribution in [-0.2, 0) is 0 Å². The molecule has 0 saturated carbocycles. The summed E-state index contributed by atoms with van der Waals surface area (Å²) in [4.78, 5) is 12.5. The molecule has 2 aromatic rings. The molecule has 0 atom stereocenters. The number of anilines is 1. The first-order valence-electron chi connectivity index (χ1n) is 9.01. The lowest BCUT2D eigenvalue weighted by atomic mass is 10.2. The smallest absolute Gasteiger partial charge is 0.257 e. The van der Waals surface area contributed by atoms with Crippen LogP contribution in [0.15, 0.2) is 34.8 Å². The summed E-state index contributed by atoms with van der Waals surface area (Å²) in [7, 11) is 0. The average Bonchev–Trinajstić information content (AvgIpc) is 2.66. The number of carbonyl (C=O) groups excluding carboxylic acids is 1. The van der Waals surface area contributed by atoms with Crippen molar-refractivity contribution in [2.24, 2.45) is 0 Å². The van der Waals surface area contributed by atoms with E-state index in [1.165, 1.54) is 25.0 Å². The standard InChI is InChI=1S/C20H20BrCl3N2O2S/c1-2-3-4-5-8-28-18-7-6-12(9-13(18)21)19(27)26-20(29)25-17-11-15(23)14(22)10-16(17)24/h6-7,9-11H,2-5,8H2,1H3,(H2,25,26,27,29). The van der Waals surface area contributed by atoms with Crippen molar-refractivity contribution < 1.29 is 9.53 Å². The zero-order valence-electron chi connectivity index (χ0n) is 15.7. The fourth-order valence-corrected chi connectivity index (χ4v) is 3.71. The number of rotatable bonds is 8. The molecule has 0 aliphatic carbocycles. The minimum Gasteiger partial charge on any atom is -0.492 e. The Kier molecular flexibility index (Phi) is 9.99. The van der Waals surface area contributed by atoms with Crippen LogP contribution in [0.1, 0.15) is 43.0 Å². The van der Waals surface area contributed by atoms with Crippen LogP contribution < -0.4 is 15.4 Å². The minimum absolute atomic E-state index is 0.0858. The van der Waals surface area contributed by atoms with Crippen molar-refractivity contribution in [2.45, 2.75) is 32.6 Å². The number of hydrogen-bond donors (Lipinski definition) is 2. The fourth-order valence-electron chi connectivity index (χ4n) is 2.42. The summed E-state index contributed by atoms with van der Waals surface area (Å²) in [5.74, 6) is 0.329. The molecular weight excluding hydrogens is 519 g/mol. The monoisotopic (exact) mass is 536 g/mol. The Bertz CT molecular complexity index is 896. The van der Waals surface area contributed by atoms with Crippen LogP contribution in [0.2, 0.25) is 15.1 Å². The molecule has 4 nitrogen and oxygen atoms in total. The molecule has 0 saturated heterocycles. The van der Waals surface area contributed by atoms with Crippen molar-refractivity contribution in [3.8, 4) is 5.75 Å². The van der Waals surface area contributed by atoms with E-state index in [4.69, 9.17) is 51.8 Å². The molecule has 156 valence electrons. The second kappa shape index (κ2) is 12.0. The van der Waals surface area contributed by atoms with Gasteiger partial charge in [0.25, 0.3) is 5.91 Å². The number of benzene rings is 2. The molecular formula is C20H20BrCl3N2O2S. The Morgan fingerprint density at radius 1 is 1.07 bits per heavy atom. The van der Waals surface area contributed by atoms with Crippen LogP contribution in [0.5, 0.6) is 5.75 Å². The summed E-state index contributed by atoms with van der Waals surface area (Å²) >= 11 is 26.6. The van der Waals surface area contributed by atoms with Gasteiger partial charge in [-0.2, -0.15) is 0 Å². The SMILES string of the molecule is CCCCCCOc1ccc(C(=O)NC(=S)Nc2cc(Cl)c(Cl)cc2Cl)cc1Br. The van der Waals surface area contributed by atoms with Crippen LogP contribution in [-0.4, -0.2) is 17.6 Å². The molecule has 0 heterocycles. The Morgan fingerprint density at radius 2 is 1.79 bits per heavy atom. The largest absolute Gasteiger partial charge is 0.492 e. The molecule has 0 aliphatic heterocycles. The quantitative estimate of drug-likeness (QED) is 0.208. The summed E-state index contributed by atoms with van der Waals surface area (Å²) in [6, 6.07) is 8.15. The zero-order valence-corrected chi connectivity index (χ0v) is 20.3. The molecule has 0 aliphatic rings. The molecule has 2 rings (SSSR count). The van der Waals surface area contributed by atoms with Crippen LogP contribution in [0.25, 0.3) is 0 Å². The van der Waals surface area contributed by atoms with Gasteiger partial charge in [-0.3, -0.25) is 10.1 Å². The van der Waals surface area contributed by atoms with Gasteiger partial charge in [0.2, 0.25) is 0 Å². The molecule has 9 heteroatoms. The minimum atomic E-state index is -0.367. The summed E-state index contributed by atoms with van der Waals surface area (Å²) in [5, 5.41) is 6.51. The van der Waals surface area contributed by atoms with Crippen molar-refractivity contribution in [1.29, 1.82) is 0 Å². The summed E-state index contributed by atoms with van der Waals surface area (Å²) in [6.45, 7) is 2.81. The van der Waals surface area contributed by atoms with Gasteiger partial charge in [-0.25, -0.2) is 0 Å². The maximum atomic E-state index is 12.5. The van der Waals surface area contributed by atoms with Crippen molar-refractivity contribution in [2.75, 3.05) is 11.9 Å². The van der Waals surface area contributed by atoms with E-state index in [0.29, 0.717) is 43.1 Å². The molecule has 0 spiro atoms. The Labute approximate surface area is 199 Å². The van der Waals surface area contributed by atoms with Gasteiger partial charge >= 0.3 is 0 Å². The van der Waals surface area contributed by atoms with Gasteiger partial charge in [0.15, 0.2) is 5.11 Å². The number of thiocarbonyl (C=S) groups is 1. The highest BCUT2D eigenvalue weighted by Gasteiger charge is 2.13. The molecule has 0 fully saturated rings. The number of amides is 1. The van der Waals surface area contributed by atoms with Crippen LogP contribution in [0, 0.1) is 0 Å². The molecule has 0 aromatic heterocycles. The molecule has 1 amide bonds. The van der Waals surface area contributed by atoms with Gasteiger partial charge in [-0.15, -0.1) is 0 Å². The predicted octanol–water partition coefficient (Wildman–Crippen LogP) is 7.50. The van der Waals surface area contributed by atoms with E-state index < -0.39 is 0 Å². The van der Waals surface area contributed by atoms with E-state index in [-0.39, 0.29) is 11.0 Å². The van der Waals surface area contributed by atoms with Crippen molar-refractivity contribution >= 4 is 79.7 Å². The number of nitrogens with one attached hydrogen (secondary N) is 2. The Morgan fingerprint density at radius 3 is 2.48 bits per heavy atom. The van der Waals surface area contributed by atoms with Gasteiger partial charge in [0, 0.05) is 5.56 Å². The van der Waals surface area contributed by atoms with Crippen molar-refractivity contribution in [1.82, 2.24) is 5.32 Å². The number of hydrogen-bond acceptors (Lipinski definition) is 3. The summed E-state index contributed by atoms with van der Waals surface area (Å²) in [5.41, 5.74) is 0.874. The molecule has 0 unspecified atom stereocenters. The van der Waals surface area contributed by atoms with Gasteiger partial charge in [-0.05, 0) is 64.9 Å². The number of unbranched alkanes of at least 4 members (excludes halogenated alkanes) is 3. The second-order valence-electron chi connectivity index (χ2n) is 6.21. The van der Waals surface area contributed by atoms with Crippen LogP contribution in [0.4, 0.5) is 5.69 Å². The third-order valence-corrected chi connectivity index (χ3v) is 5.79. The van der Waals surface area contributed by atoms with E-state index in [1.807, 2.05) is 0 Å². The summed E-state index contributed by atoms with van der Waals surface area (Å²) < 4.78 is 6.46. The van der Waals surface area contributed by atoms with Crippen molar-refractivity contribution in [3.05, 3.63) is 55.4 Å². The van der Waals surface area contributed by atoms with E-state index in [0.717, 1.165) is 12.8 Å². The number of ether oxygens (including phenoxy) is 1. The first-order chi connectivity index (χ1) is 13.8. The number of halogens is 4. The van der Waals surface area contributed by atoms with E-state index in [2.05, 4.69) is 33.5 Å². The molecule has 2 aromatic carbocycles. The highest BCUT2D eigenvalue weighted by atomic mass is 79.9.